The van der Waals surface area contributed by atoms with Crippen molar-refractivity contribution in [3.05, 3.63) is 29.3 Å². The van der Waals surface area contributed by atoms with Crippen LogP contribution in [0.25, 0.3) is 0 Å². The van der Waals surface area contributed by atoms with Crippen LogP contribution in [0.1, 0.15) is 22.8 Å². The molecule has 0 radical (unpaired) electrons. The van der Waals surface area contributed by atoms with Gasteiger partial charge in [-0.05, 0) is 25.1 Å². The SMILES string of the molecule is CCc1cccc(C(N)=O)c1N1CCN(C)CC1. The molecule has 1 aromatic rings. The van der Waals surface area contributed by atoms with E-state index in [0.717, 1.165) is 38.3 Å². The molecule has 1 saturated heterocycles. The number of carbonyl (C=O) groups excluding carboxylic acids is 1. The normalized spacial score (nSPS) is 16.9. The van der Waals surface area contributed by atoms with Gasteiger partial charge in [-0.3, -0.25) is 4.79 Å². The van der Waals surface area contributed by atoms with Gasteiger partial charge in [-0.1, -0.05) is 19.1 Å². The molecule has 2 N–H and O–H groups in total. The Morgan fingerprint density at radius 1 is 1.28 bits per heavy atom. The summed E-state index contributed by atoms with van der Waals surface area (Å²) in [6, 6.07) is 5.83. The number of nitrogens with two attached hydrogens (primary N) is 1. The summed E-state index contributed by atoms with van der Waals surface area (Å²) in [7, 11) is 2.12. The minimum absolute atomic E-state index is 0.334. The van der Waals surface area contributed by atoms with Gasteiger partial charge in [0.25, 0.3) is 5.91 Å². The molecule has 0 aliphatic carbocycles. The maximum atomic E-state index is 11.6. The second-order valence-corrected chi connectivity index (χ2v) is 4.82. The van der Waals surface area contributed by atoms with Crippen molar-refractivity contribution in [2.24, 2.45) is 5.73 Å². The van der Waals surface area contributed by atoms with E-state index in [2.05, 4.69) is 29.8 Å². The second-order valence-electron chi connectivity index (χ2n) is 4.82. The van der Waals surface area contributed by atoms with Crippen molar-refractivity contribution in [2.75, 3.05) is 38.1 Å². The molecule has 4 heteroatoms. The lowest BCUT2D eigenvalue weighted by Crippen LogP contribution is -2.45. The van der Waals surface area contributed by atoms with Gasteiger partial charge in [-0.2, -0.15) is 0 Å². The first-order valence-electron chi connectivity index (χ1n) is 6.48. The minimum atomic E-state index is -0.334. The van der Waals surface area contributed by atoms with Gasteiger partial charge >= 0.3 is 0 Å². The quantitative estimate of drug-likeness (QED) is 0.870. The highest BCUT2D eigenvalue weighted by Gasteiger charge is 2.21. The van der Waals surface area contributed by atoms with E-state index in [1.54, 1.807) is 0 Å². The Hall–Kier alpha value is -1.55. The first-order chi connectivity index (χ1) is 8.63. The third kappa shape index (κ3) is 2.48. The van der Waals surface area contributed by atoms with Crippen molar-refractivity contribution < 1.29 is 4.79 Å². The van der Waals surface area contributed by atoms with Gasteiger partial charge in [-0.25, -0.2) is 0 Å². The zero-order valence-corrected chi connectivity index (χ0v) is 11.1. The van der Waals surface area contributed by atoms with E-state index in [0.29, 0.717) is 5.56 Å². The van der Waals surface area contributed by atoms with Crippen LogP contribution in [0.2, 0.25) is 0 Å². The maximum Gasteiger partial charge on any atom is 0.250 e. The fourth-order valence-electron chi connectivity index (χ4n) is 2.48. The lowest BCUT2D eigenvalue weighted by atomic mass is 10.0. The van der Waals surface area contributed by atoms with Crippen LogP contribution < -0.4 is 10.6 Å². The Morgan fingerprint density at radius 3 is 2.50 bits per heavy atom. The van der Waals surface area contributed by atoms with E-state index in [4.69, 9.17) is 5.73 Å². The first-order valence-corrected chi connectivity index (χ1v) is 6.48. The fourth-order valence-corrected chi connectivity index (χ4v) is 2.48. The summed E-state index contributed by atoms with van der Waals surface area (Å²) < 4.78 is 0. The molecule has 0 unspecified atom stereocenters. The number of carbonyl (C=O) groups is 1. The van der Waals surface area contributed by atoms with E-state index < -0.39 is 0 Å². The number of amides is 1. The Bertz CT molecular complexity index is 437. The average molecular weight is 247 g/mol. The predicted octanol–water partition coefficient (Wildman–Crippen LogP) is 1.10. The third-order valence-electron chi connectivity index (χ3n) is 3.59. The van der Waals surface area contributed by atoms with Gasteiger partial charge in [0.05, 0.1) is 11.3 Å². The van der Waals surface area contributed by atoms with Gasteiger partial charge in [0.2, 0.25) is 0 Å². The van der Waals surface area contributed by atoms with Crippen molar-refractivity contribution >= 4 is 11.6 Å². The number of benzene rings is 1. The second kappa shape index (κ2) is 5.40. The van der Waals surface area contributed by atoms with E-state index in [1.807, 2.05) is 12.1 Å². The number of hydrogen-bond acceptors (Lipinski definition) is 3. The fraction of sp³-hybridized carbons (Fsp3) is 0.500. The minimum Gasteiger partial charge on any atom is -0.368 e. The summed E-state index contributed by atoms with van der Waals surface area (Å²) in [5, 5.41) is 0. The Morgan fingerprint density at radius 2 is 1.94 bits per heavy atom. The van der Waals surface area contributed by atoms with Gasteiger partial charge in [0.1, 0.15) is 0 Å². The number of primary amides is 1. The van der Waals surface area contributed by atoms with Crippen LogP contribution in [0, 0.1) is 0 Å². The zero-order valence-electron chi connectivity index (χ0n) is 11.1. The highest BCUT2D eigenvalue weighted by atomic mass is 16.1. The summed E-state index contributed by atoms with van der Waals surface area (Å²) in [4.78, 5) is 16.2. The number of nitrogens with zero attached hydrogens (tertiary/aromatic N) is 2. The molecule has 1 aromatic carbocycles. The highest BCUT2D eigenvalue weighted by molar-refractivity contribution is 5.99. The molecule has 0 bridgehead atoms. The first kappa shape index (κ1) is 12.9. The van der Waals surface area contributed by atoms with Crippen molar-refractivity contribution in [3.8, 4) is 0 Å². The molecule has 4 nitrogen and oxygen atoms in total. The standard InChI is InChI=1S/C14H21N3O/c1-3-11-5-4-6-12(14(15)18)13(11)17-9-7-16(2)8-10-17/h4-6H,3,7-10H2,1-2H3,(H2,15,18). The molecule has 0 aromatic heterocycles. The average Bonchev–Trinajstić information content (AvgIpc) is 2.38. The van der Waals surface area contributed by atoms with Crippen molar-refractivity contribution in [1.82, 2.24) is 4.90 Å². The third-order valence-corrected chi connectivity index (χ3v) is 3.59. The molecular weight excluding hydrogens is 226 g/mol. The molecule has 1 amide bonds. The van der Waals surface area contributed by atoms with Crippen LogP contribution in [-0.2, 0) is 6.42 Å². The number of para-hydroxylation sites is 1. The van der Waals surface area contributed by atoms with Gasteiger partial charge in [0, 0.05) is 26.2 Å². The van der Waals surface area contributed by atoms with Gasteiger partial charge < -0.3 is 15.5 Å². The zero-order chi connectivity index (χ0) is 13.1. The van der Waals surface area contributed by atoms with Crippen LogP contribution >= 0.6 is 0 Å². The molecule has 1 aliphatic rings. The van der Waals surface area contributed by atoms with Crippen LogP contribution in [0.5, 0.6) is 0 Å². The van der Waals surface area contributed by atoms with E-state index >= 15 is 0 Å². The van der Waals surface area contributed by atoms with Gasteiger partial charge in [-0.15, -0.1) is 0 Å². The number of anilines is 1. The van der Waals surface area contributed by atoms with Crippen LogP contribution in [-0.4, -0.2) is 44.0 Å². The molecule has 0 spiro atoms. The number of rotatable bonds is 3. The Balaban J connectivity index is 2.37. The number of piperazine rings is 1. The summed E-state index contributed by atoms with van der Waals surface area (Å²) in [5.41, 5.74) is 8.39. The topological polar surface area (TPSA) is 49.6 Å². The molecule has 18 heavy (non-hydrogen) atoms. The van der Waals surface area contributed by atoms with E-state index in [9.17, 15) is 4.79 Å². The maximum absolute atomic E-state index is 11.6. The molecule has 1 aliphatic heterocycles. The summed E-state index contributed by atoms with van der Waals surface area (Å²) in [6.45, 7) is 6.06. The Labute approximate surface area is 108 Å². The van der Waals surface area contributed by atoms with E-state index in [-0.39, 0.29) is 5.91 Å². The molecule has 0 saturated carbocycles. The molecule has 1 heterocycles. The summed E-state index contributed by atoms with van der Waals surface area (Å²) in [5.74, 6) is -0.334. The molecule has 2 rings (SSSR count). The van der Waals surface area contributed by atoms with Crippen molar-refractivity contribution in [3.63, 3.8) is 0 Å². The summed E-state index contributed by atoms with van der Waals surface area (Å²) in [6.07, 6.45) is 0.919. The molecular formula is C14H21N3O. The number of hydrogen-bond donors (Lipinski definition) is 1. The van der Waals surface area contributed by atoms with Crippen LogP contribution in [0.15, 0.2) is 18.2 Å². The van der Waals surface area contributed by atoms with E-state index in [1.165, 1.54) is 5.56 Å². The van der Waals surface area contributed by atoms with Crippen LogP contribution in [0.4, 0.5) is 5.69 Å². The highest BCUT2D eigenvalue weighted by Crippen LogP contribution is 2.27. The number of likely N-dealkylation sites (N-methyl/N-ethyl adjacent to an activating group) is 1. The smallest absolute Gasteiger partial charge is 0.250 e. The number of aryl methyl sites for hydroxylation is 1. The monoisotopic (exact) mass is 247 g/mol. The Kier molecular flexibility index (Phi) is 3.87. The van der Waals surface area contributed by atoms with Crippen molar-refractivity contribution in [1.29, 1.82) is 0 Å². The largest absolute Gasteiger partial charge is 0.368 e. The predicted molar refractivity (Wildman–Crippen MR) is 74.0 cm³/mol. The molecule has 0 atom stereocenters. The molecule has 98 valence electrons. The van der Waals surface area contributed by atoms with Gasteiger partial charge in [0.15, 0.2) is 0 Å². The lowest BCUT2D eigenvalue weighted by Gasteiger charge is -2.36. The summed E-state index contributed by atoms with van der Waals surface area (Å²) >= 11 is 0. The molecule has 1 fully saturated rings. The van der Waals surface area contributed by atoms with Crippen LogP contribution in [0.3, 0.4) is 0 Å². The lowest BCUT2D eigenvalue weighted by molar-refractivity contribution is 0.100. The van der Waals surface area contributed by atoms with Crippen molar-refractivity contribution in [2.45, 2.75) is 13.3 Å².